The number of ether oxygens (including phenoxy) is 2. The monoisotopic (exact) mass is 520 g/mol. The molecule has 2 aliphatic carbocycles. The van der Waals surface area contributed by atoms with E-state index in [-0.39, 0.29) is 25.6 Å². The molecule has 2 aromatic rings. The normalized spacial score (nSPS) is 29.5. The van der Waals surface area contributed by atoms with E-state index in [4.69, 9.17) is 9.47 Å². The lowest BCUT2D eigenvalue weighted by Crippen LogP contribution is -2.74. The van der Waals surface area contributed by atoms with Gasteiger partial charge in [-0.3, -0.25) is 9.59 Å². The second-order valence-electron chi connectivity index (χ2n) is 10.7. The zero-order valence-electron chi connectivity index (χ0n) is 21.2. The van der Waals surface area contributed by atoms with Gasteiger partial charge in [-0.2, -0.15) is 0 Å². The molecule has 1 fully saturated rings. The lowest BCUT2D eigenvalue weighted by atomic mass is 9.50. The second kappa shape index (κ2) is 9.20. The predicted molar refractivity (Wildman–Crippen MR) is 136 cm³/mol. The molecule has 38 heavy (non-hydrogen) atoms. The highest BCUT2D eigenvalue weighted by Gasteiger charge is 2.71. The lowest BCUT2D eigenvalue weighted by Gasteiger charge is -2.61. The average Bonchev–Trinajstić information content (AvgIpc) is 3.28. The summed E-state index contributed by atoms with van der Waals surface area (Å²) in [4.78, 5) is 27.3. The van der Waals surface area contributed by atoms with Gasteiger partial charge in [-0.15, -0.1) is 0 Å². The Bertz CT molecular complexity index is 1310. The fourth-order valence-electron chi connectivity index (χ4n) is 6.99. The van der Waals surface area contributed by atoms with Crippen molar-refractivity contribution in [1.82, 2.24) is 10.2 Å². The van der Waals surface area contributed by atoms with E-state index < -0.39 is 35.1 Å². The maximum atomic E-state index is 12.8. The van der Waals surface area contributed by atoms with E-state index in [9.17, 15) is 24.9 Å². The number of aliphatic hydroxyl groups is 3. The van der Waals surface area contributed by atoms with Gasteiger partial charge in [-0.05, 0) is 43.6 Å². The molecular formula is C29H32N2O7. The number of nitrogens with one attached hydrogen (secondary N) is 1. The van der Waals surface area contributed by atoms with Gasteiger partial charge < -0.3 is 35.0 Å². The van der Waals surface area contributed by atoms with Crippen LogP contribution < -0.4 is 10.1 Å². The van der Waals surface area contributed by atoms with Crippen LogP contribution in [0.3, 0.4) is 0 Å². The first-order chi connectivity index (χ1) is 18.3. The summed E-state index contributed by atoms with van der Waals surface area (Å²) in [5, 5.41) is 35.0. The number of likely N-dealkylation sites (tertiary alicyclic amines) is 1. The van der Waals surface area contributed by atoms with Crippen LogP contribution in [0.1, 0.15) is 47.6 Å². The molecule has 1 amide bonds. The summed E-state index contributed by atoms with van der Waals surface area (Å²) in [7, 11) is 2.02. The van der Waals surface area contributed by atoms with Gasteiger partial charge in [-0.1, -0.05) is 42.5 Å². The molecule has 2 aliphatic heterocycles. The molecule has 0 saturated carbocycles. The first-order valence-electron chi connectivity index (χ1n) is 13.1. The smallest absolute Gasteiger partial charge is 0.312 e. The van der Waals surface area contributed by atoms with Crippen LogP contribution >= 0.6 is 0 Å². The van der Waals surface area contributed by atoms with E-state index in [1.54, 1.807) is 36.4 Å². The number of amides is 1. The first kappa shape index (κ1) is 25.1. The Hall–Kier alpha value is -3.24. The highest BCUT2D eigenvalue weighted by molar-refractivity contribution is 5.82. The van der Waals surface area contributed by atoms with Crippen molar-refractivity contribution in [3.8, 4) is 5.75 Å². The van der Waals surface area contributed by atoms with Crippen molar-refractivity contribution in [3.63, 3.8) is 0 Å². The Labute approximate surface area is 220 Å². The maximum Gasteiger partial charge on any atom is 0.312 e. The van der Waals surface area contributed by atoms with Crippen LogP contribution in [-0.4, -0.2) is 70.0 Å². The topological polar surface area (TPSA) is 129 Å². The van der Waals surface area contributed by atoms with Gasteiger partial charge in [0, 0.05) is 30.1 Å². The predicted octanol–water partition coefficient (Wildman–Crippen LogP) is 1.24. The number of rotatable bonds is 7. The molecule has 0 aromatic heterocycles. The van der Waals surface area contributed by atoms with Gasteiger partial charge in [-0.25, -0.2) is 0 Å². The summed E-state index contributed by atoms with van der Waals surface area (Å²) in [5.74, 6) is -0.202. The molecule has 4 aliphatic rings. The number of piperidine rings is 1. The van der Waals surface area contributed by atoms with E-state index >= 15 is 0 Å². The molecule has 1 saturated heterocycles. The van der Waals surface area contributed by atoms with Crippen LogP contribution in [-0.2, 0) is 32.8 Å². The number of carbonyl (C=O) groups is 2. The van der Waals surface area contributed by atoms with Gasteiger partial charge in [0.25, 0.3) is 5.91 Å². The van der Waals surface area contributed by atoms with E-state index in [2.05, 4.69) is 10.2 Å². The molecule has 2 aromatic carbocycles. The maximum absolute atomic E-state index is 12.8. The fraction of sp³-hybridized carbons (Fsp3) is 0.448. The third kappa shape index (κ3) is 3.53. The van der Waals surface area contributed by atoms with Crippen molar-refractivity contribution in [1.29, 1.82) is 0 Å². The van der Waals surface area contributed by atoms with Crippen LogP contribution in [0.4, 0.5) is 0 Å². The first-order valence-corrected chi connectivity index (χ1v) is 13.1. The summed E-state index contributed by atoms with van der Waals surface area (Å²) >= 11 is 0. The Balaban J connectivity index is 1.20. The summed E-state index contributed by atoms with van der Waals surface area (Å²) in [5.41, 5.74) is 1.26. The van der Waals surface area contributed by atoms with Gasteiger partial charge in [0.05, 0.1) is 24.0 Å². The molecule has 1 spiro atoms. The summed E-state index contributed by atoms with van der Waals surface area (Å²) in [6.45, 7) is 0.563. The summed E-state index contributed by atoms with van der Waals surface area (Å²) in [6.07, 6.45) is 1.24. The number of esters is 1. The van der Waals surface area contributed by atoms with Crippen molar-refractivity contribution in [2.45, 2.75) is 61.6 Å². The Kier molecular flexibility index (Phi) is 6.07. The standard InChI is InChI=1S/C29H32N2O7/c1-31-14-12-28-23-18-7-8-19(16-32)25(23)38-26(28)20(9-11-29(28,36)21(31)15-18)37-22(33)10-13-30-27(35)24(34)17-5-3-2-4-6-17/h2-9,21,24,26,32,34,36H,10-16H2,1H3,(H,30,35)/t21-,24?,26?,28?,29-/m1/s1. The number of hydrogen-bond donors (Lipinski definition) is 4. The highest BCUT2D eigenvalue weighted by atomic mass is 16.6. The highest BCUT2D eigenvalue weighted by Crippen LogP contribution is 2.64. The Morgan fingerprint density at radius 1 is 1.24 bits per heavy atom. The number of benzene rings is 2. The third-order valence-electron chi connectivity index (χ3n) is 8.85. The summed E-state index contributed by atoms with van der Waals surface area (Å²) < 4.78 is 12.3. The molecule has 0 radical (unpaired) electrons. The molecule has 2 heterocycles. The van der Waals surface area contributed by atoms with Crippen molar-refractivity contribution in [3.05, 3.63) is 76.6 Å². The molecule has 4 N–H and O–H groups in total. The van der Waals surface area contributed by atoms with Gasteiger partial charge in [0.2, 0.25) is 0 Å². The molecular weight excluding hydrogens is 488 g/mol. The van der Waals surface area contributed by atoms with E-state index in [1.807, 2.05) is 19.2 Å². The Morgan fingerprint density at radius 2 is 2.03 bits per heavy atom. The van der Waals surface area contributed by atoms with Gasteiger partial charge in [0.15, 0.2) is 12.2 Å². The molecule has 2 bridgehead atoms. The minimum atomic E-state index is -1.32. The number of likely N-dealkylation sites (N-methyl/N-ethyl adjacent to an activating group) is 1. The number of aliphatic hydroxyl groups excluding tert-OH is 2. The van der Waals surface area contributed by atoms with Crippen LogP contribution in [0.15, 0.2) is 54.3 Å². The quantitative estimate of drug-likeness (QED) is 0.402. The van der Waals surface area contributed by atoms with E-state index in [0.29, 0.717) is 41.9 Å². The number of hydrogen-bond acceptors (Lipinski definition) is 8. The van der Waals surface area contributed by atoms with Gasteiger partial charge >= 0.3 is 5.97 Å². The minimum Gasteiger partial charge on any atom is -0.481 e. The molecule has 5 atom stereocenters. The van der Waals surface area contributed by atoms with Crippen LogP contribution in [0.25, 0.3) is 0 Å². The van der Waals surface area contributed by atoms with Crippen LogP contribution in [0, 0.1) is 0 Å². The number of nitrogens with zero attached hydrogens (tertiary/aromatic N) is 1. The number of carbonyl (C=O) groups excluding carboxylic acids is 2. The molecule has 3 unspecified atom stereocenters. The fourth-order valence-corrected chi connectivity index (χ4v) is 6.99. The van der Waals surface area contributed by atoms with Crippen molar-refractivity contribution in [2.75, 3.05) is 20.1 Å². The average molecular weight is 521 g/mol. The van der Waals surface area contributed by atoms with Gasteiger partial charge in [0.1, 0.15) is 11.5 Å². The zero-order chi connectivity index (χ0) is 26.7. The van der Waals surface area contributed by atoms with E-state index in [0.717, 1.165) is 17.7 Å². The summed E-state index contributed by atoms with van der Waals surface area (Å²) in [6, 6.07) is 12.3. The molecule has 9 heteroatoms. The molecule has 9 nitrogen and oxygen atoms in total. The van der Waals surface area contributed by atoms with Crippen molar-refractivity contribution < 1.29 is 34.4 Å². The third-order valence-corrected chi connectivity index (χ3v) is 8.85. The van der Waals surface area contributed by atoms with Crippen LogP contribution in [0.2, 0.25) is 0 Å². The van der Waals surface area contributed by atoms with Crippen molar-refractivity contribution in [2.24, 2.45) is 0 Å². The molecule has 6 rings (SSSR count). The SMILES string of the molecule is CN1CCC23c4c5ccc(CO)c4OC2C(OC(=O)CCNC(=O)C(O)c2ccccc2)=CC[C@@]3(O)[C@H]1C5. The minimum absolute atomic E-state index is 0.00134. The lowest BCUT2D eigenvalue weighted by molar-refractivity contribution is -0.169. The zero-order valence-corrected chi connectivity index (χ0v) is 21.2. The Morgan fingerprint density at radius 3 is 2.79 bits per heavy atom. The largest absolute Gasteiger partial charge is 0.481 e. The second-order valence-corrected chi connectivity index (χ2v) is 10.7. The van der Waals surface area contributed by atoms with E-state index in [1.165, 1.54) is 0 Å². The van der Waals surface area contributed by atoms with Crippen molar-refractivity contribution >= 4 is 11.9 Å². The van der Waals surface area contributed by atoms with Crippen LogP contribution in [0.5, 0.6) is 5.75 Å². The molecule has 200 valence electrons.